The third-order valence-corrected chi connectivity index (χ3v) is 8.24. The topological polar surface area (TPSA) is 69.7 Å². The number of aryl methyl sites for hydroxylation is 1. The van der Waals surface area contributed by atoms with Crippen LogP contribution in [0.2, 0.25) is 0 Å². The van der Waals surface area contributed by atoms with Gasteiger partial charge in [-0.2, -0.15) is 0 Å². The van der Waals surface area contributed by atoms with Crippen LogP contribution in [0.3, 0.4) is 0 Å². The molecule has 178 valence electrons. The molecule has 1 saturated heterocycles. The Morgan fingerprint density at radius 3 is 2.50 bits per heavy atom. The van der Waals surface area contributed by atoms with E-state index in [0.29, 0.717) is 18.8 Å². The molecule has 1 aliphatic carbocycles. The summed E-state index contributed by atoms with van der Waals surface area (Å²) in [5.41, 5.74) is 4.04. The van der Waals surface area contributed by atoms with Crippen molar-refractivity contribution < 1.29 is 14.4 Å². The number of carbonyl (C=O) groups excluding carboxylic acids is 3. The fourth-order valence-electron chi connectivity index (χ4n) is 5.23. The van der Waals surface area contributed by atoms with Gasteiger partial charge in [0.05, 0.1) is 5.69 Å². The quantitative estimate of drug-likeness (QED) is 0.662. The maximum absolute atomic E-state index is 13.6. The first-order valence-corrected chi connectivity index (χ1v) is 13.3. The minimum absolute atomic E-state index is 0.107. The molecule has 1 atom stereocenters. The first-order valence-electron chi connectivity index (χ1n) is 12.4. The second kappa shape index (κ2) is 10.2. The Morgan fingerprint density at radius 2 is 1.68 bits per heavy atom. The number of benzene rings is 2. The molecule has 1 fully saturated rings. The molecule has 0 aromatic heterocycles. The summed E-state index contributed by atoms with van der Waals surface area (Å²) in [5.74, 6) is -0.674. The molecule has 2 aliphatic heterocycles. The normalized spacial score (nSPS) is 20.2. The molecule has 7 heteroatoms. The number of hydrogen-bond acceptors (Lipinski definition) is 4. The summed E-state index contributed by atoms with van der Waals surface area (Å²) in [6.07, 6.45) is 8.47. The maximum atomic E-state index is 13.6. The highest BCUT2D eigenvalue weighted by molar-refractivity contribution is 8.01. The molecule has 0 saturated carbocycles. The molecule has 0 spiro atoms. The lowest BCUT2D eigenvalue weighted by molar-refractivity contribution is -0.135. The van der Waals surface area contributed by atoms with Crippen molar-refractivity contribution in [3.63, 3.8) is 0 Å². The SMILES string of the molecule is O=C(CN1C(=O)[C@@H](C(=O)N2CCCCCC2)Sc2ccccc21)Nc1cccc2c1CCCC2. The van der Waals surface area contributed by atoms with Crippen LogP contribution < -0.4 is 10.2 Å². The Labute approximate surface area is 205 Å². The Balaban J connectivity index is 1.36. The van der Waals surface area contributed by atoms with Crippen LogP contribution in [0, 0.1) is 0 Å². The number of para-hydroxylation sites is 1. The fraction of sp³-hybridized carbons (Fsp3) is 0.444. The summed E-state index contributed by atoms with van der Waals surface area (Å²) >= 11 is 1.31. The number of nitrogens with zero attached hydrogens (tertiary/aromatic N) is 2. The standard InChI is InChI=1S/C27H31N3O3S/c31-24(28-21-13-9-11-19-10-3-4-12-20(19)21)18-30-22-14-5-6-15-23(22)34-25(27(30)33)26(32)29-16-7-1-2-8-17-29/h5-6,9,11,13-15,25H,1-4,7-8,10,12,16-18H2,(H,28,31)/t25-/m1/s1. The molecule has 5 rings (SSSR count). The Morgan fingerprint density at radius 1 is 0.912 bits per heavy atom. The number of fused-ring (bicyclic) bond motifs is 2. The molecule has 0 unspecified atom stereocenters. The molecule has 3 amide bonds. The summed E-state index contributed by atoms with van der Waals surface area (Å²) in [6.45, 7) is 1.29. The van der Waals surface area contributed by atoms with Crippen molar-refractivity contribution in [3.05, 3.63) is 53.6 Å². The monoisotopic (exact) mass is 477 g/mol. The molecule has 2 heterocycles. The number of thioether (sulfide) groups is 1. The number of carbonyl (C=O) groups is 3. The van der Waals surface area contributed by atoms with E-state index in [1.54, 1.807) is 0 Å². The van der Waals surface area contributed by atoms with Gasteiger partial charge in [-0.05, 0) is 67.9 Å². The summed E-state index contributed by atoms with van der Waals surface area (Å²) in [4.78, 5) is 44.3. The second-order valence-electron chi connectivity index (χ2n) is 9.33. The third kappa shape index (κ3) is 4.71. The van der Waals surface area contributed by atoms with E-state index in [0.717, 1.165) is 55.5 Å². The van der Waals surface area contributed by atoms with Gasteiger partial charge < -0.3 is 15.1 Å². The van der Waals surface area contributed by atoms with Crippen molar-refractivity contribution in [1.29, 1.82) is 0 Å². The van der Waals surface area contributed by atoms with Gasteiger partial charge in [-0.15, -0.1) is 11.8 Å². The maximum Gasteiger partial charge on any atom is 0.250 e. The Bertz CT molecular complexity index is 1090. The van der Waals surface area contributed by atoms with Crippen molar-refractivity contribution in [2.75, 3.05) is 29.9 Å². The molecule has 3 aliphatic rings. The number of likely N-dealkylation sites (tertiary alicyclic amines) is 1. The highest BCUT2D eigenvalue weighted by Crippen LogP contribution is 2.40. The first kappa shape index (κ1) is 23.0. The number of rotatable bonds is 4. The molecule has 0 radical (unpaired) electrons. The largest absolute Gasteiger partial charge is 0.341 e. The number of nitrogens with one attached hydrogen (secondary N) is 1. The molecular formula is C27H31N3O3S. The van der Waals surface area contributed by atoms with Crippen LogP contribution in [-0.4, -0.2) is 47.5 Å². The molecule has 1 N–H and O–H groups in total. The molecular weight excluding hydrogens is 446 g/mol. The average Bonchev–Trinajstić information content (AvgIpc) is 3.15. The van der Waals surface area contributed by atoms with Crippen LogP contribution in [0.15, 0.2) is 47.4 Å². The number of amides is 3. The van der Waals surface area contributed by atoms with Gasteiger partial charge in [0, 0.05) is 23.7 Å². The molecule has 0 bridgehead atoms. The predicted molar refractivity (Wildman–Crippen MR) is 135 cm³/mol. The lowest BCUT2D eigenvalue weighted by atomic mass is 9.90. The first-order chi connectivity index (χ1) is 16.6. The fourth-order valence-corrected chi connectivity index (χ4v) is 6.41. The van der Waals surface area contributed by atoms with Gasteiger partial charge in [-0.1, -0.05) is 37.1 Å². The summed E-state index contributed by atoms with van der Waals surface area (Å²) in [5, 5.41) is 2.21. The minimum Gasteiger partial charge on any atom is -0.341 e. The van der Waals surface area contributed by atoms with Crippen molar-refractivity contribution >= 4 is 40.9 Å². The zero-order valence-corrected chi connectivity index (χ0v) is 20.2. The van der Waals surface area contributed by atoms with Crippen LogP contribution in [0.1, 0.15) is 49.7 Å². The van der Waals surface area contributed by atoms with E-state index >= 15 is 0 Å². The zero-order chi connectivity index (χ0) is 23.5. The highest BCUT2D eigenvalue weighted by atomic mass is 32.2. The second-order valence-corrected chi connectivity index (χ2v) is 10.5. The van der Waals surface area contributed by atoms with Crippen molar-refractivity contribution in [2.24, 2.45) is 0 Å². The zero-order valence-electron chi connectivity index (χ0n) is 19.4. The Hall–Kier alpha value is -2.80. The van der Waals surface area contributed by atoms with Gasteiger partial charge >= 0.3 is 0 Å². The predicted octanol–water partition coefficient (Wildman–Crippen LogP) is 4.41. The smallest absolute Gasteiger partial charge is 0.250 e. The van der Waals surface area contributed by atoms with Crippen molar-refractivity contribution in [1.82, 2.24) is 4.90 Å². The van der Waals surface area contributed by atoms with Crippen molar-refractivity contribution in [3.8, 4) is 0 Å². The van der Waals surface area contributed by atoms with E-state index in [9.17, 15) is 14.4 Å². The molecule has 2 aromatic rings. The number of hydrogen-bond donors (Lipinski definition) is 1. The lowest BCUT2D eigenvalue weighted by Crippen LogP contribution is -2.51. The molecule has 2 aromatic carbocycles. The lowest BCUT2D eigenvalue weighted by Gasteiger charge is -2.34. The van der Waals surface area contributed by atoms with E-state index in [1.165, 1.54) is 34.2 Å². The van der Waals surface area contributed by atoms with Gasteiger partial charge in [0.25, 0.3) is 5.91 Å². The van der Waals surface area contributed by atoms with E-state index in [-0.39, 0.29) is 24.3 Å². The summed E-state index contributed by atoms with van der Waals surface area (Å²) in [7, 11) is 0. The van der Waals surface area contributed by atoms with Gasteiger partial charge in [0.15, 0.2) is 5.25 Å². The molecule has 6 nitrogen and oxygen atoms in total. The van der Waals surface area contributed by atoms with Crippen molar-refractivity contribution in [2.45, 2.75) is 61.5 Å². The van der Waals surface area contributed by atoms with E-state index in [2.05, 4.69) is 11.4 Å². The van der Waals surface area contributed by atoms with Gasteiger partial charge in [-0.3, -0.25) is 14.4 Å². The third-order valence-electron chi connectivity index (χ3n) is 7.00. The van der Waals surface area contributed by atoms with E-state index in [4.69, 9.17) is 0 Å². The minimum atomic E-state index is -0.842. The highest BCUT2D eigenvalue weighted by Gasteiger charge is 2.40. The van der Waals surface area contributed by atoms with Gasteiger partial charge in [0.2, 0.25) is 11.8 Å². The summed E-state index contributed by atoms with van der Waals surface area (Å²) < 4.78 is 0. The Kier molecular flexibility index (Phi) is 6.90. The van der Waals surface area contributed by atoms with Crippen LogP contribution in [0.5, 0.6) is 0 Å². The van der Waals surface area contributed by atoms with Gasteiger partial charge in [-0.25, -0.2) is 0 Å². The van der Waals surface area contributed by atoms with Crippen LogP contribution >= 0.6 is 11.8 Å². The molecule has 34 heavy (non-hydrogen) atoms. The number of anilines is 2. The van der Waals surface area contributed by atoms with E-state index < -0.39 is 5.25 Å². The van der Waals surface area contributed by atoms with Crippen LogP contribution in [-0.2, 0) is 27.2 Å². The summed E-state index contributed by atoms with van der Waals surface area (Å²) in [6, 6.07) is 13.6. The average molecular weight is 478 g/mol. The van der Waals surface area contributed by atoms with Gasteiger partial charge in [0.1, 0.15) is 6.54 Å². The van der Waals surface area contributed by atoms with Crippen LogP contribution in [0.4, 0.5) is 11.4 Å². The van der Waals surface area contributed by atoms with Crippen LogP contribution in [0.25, 0.3) is 0 Å². The van der Waals surface area contributed by atoms with E-state index in [1.807, 2.05) is 41.3 Å².